The van der Waals surface area contributed by atoms with Crippen molar-refractivity contribution in [3.63, 3.8) is 0 Å². The predicted octanol–water partition coefficient (Wildman–Crippen LogP) is 2.56. The van der Waals surface area contributed by atoms with E-state index in [9.17, 15) is 0 Å². The largest absolute Gasteiger partial charge is 0.250 e. The number of alkyl halides is 1. The Balaban J connectivity index is 2.40. The zero-order valence-electron chi connectivity index (χ0n) is 5.88. The molecule has 0 spiro atoms. The monoisotopic (exact) mass is 175 g/mol. The van der Waals surface area contributed by atoms with Crippen LogP contribution >= 0.6 is 22.9 Å². The summed E-state index contributed by atoms with van der Waals surface area (Å²) >= 11 is 7.28. The maximum absolute atomic E-state index is 5.64. The van der Waals surface area contributed by atoms with E-state index in [1.807, 2.05) is 5.51 Å². The zero-order valence-corrected chi connectivity index (χ0v) is 7.45. The first-order chi connectivity index (χ1) is 4.83. The van der Waals surface area contributed by atoms with E-state index in [-0.39, 0.29) is 0 Å². The summed E-state index contributed by atoms with van der Waals surface area (Å²) in [5.41, 5.74) is 3.02. The zero-order chi connectivity index (χ0) is 7.40. The molecular weight excluding hydrogens is 166 g/mol. The fraction of sp³-hybridized carbons (Fsp3) is 0.571. The van der Waals surface area contributed by atoms with Gasteiger partial charge in [0.1, 0.15) is 0 Å². The van der Waals surface area contributed by atoms with E-state index < -0.39 is 0 Å². The SMILES string of the molecule is CC(CCl)Cc1cscn1. The van der Waals surface area contributed by atoms with Crippen molar-refractivity contribution in [1.29, 1.82) is 0 Å². The predicted molar refractivity (Wildman–Crippen MR) is 45.7 cm³/mol. The maximum atomic E-state index is 5.64. The van der Waals surface area contributed by atoms with Crippen LogP contribution in [0.5, 0.6) is 0 Å². The summed E-state index contributed by atoms with van der Waals surface area (Å²) in [6, 6.07) is 0. The van der Waals surface area contributed by atoms with Gasteiger partial charge in [-0.15, -0.1) is 22.9 Å². The van der Waals surface area contributed by atoms with E-state index >= 15 is 0 Å². The van der Waals surface area contributed by atoms with Gasteiger partial charge in [-0.05, 0) is 12.3 Å². The molecule has 0 amide bonds. The van der Waals surface area contributed by atoms with Gasteiger partial charge in [-0.2, -0.15) is 0 Å². The molecule has 10 heavy (non-hydrogen) atoms. The lowest BCUT2D eigenvalue weighted by Gasteiger charge is -2.02. The molecule has 1 aromatic heterocycles. The minimum absolute atomic E-state index is 0.545. The van der Waals surface area contributed by atoms with Crippen LogP contribution in [0, 0.1) is 5.92 Å². The van der Waals surface area contributed by atoms with Crippen LogP contribution in [-0.2, 0) is 6.42 Å². The van der Waals surface area contributed by atoms with Crippen molar-refractivity contribution in [1.82, 2.24) is 4.98 Å². The highest BCUT2D eigenvalue weighted by molar-refractivity contribution is 7.07. The van der Waals surface area contributed by atoms with Gasteiger partial charge in [-0.25, -0.2) is 4.98 Å². The molecule has 0 bridgehead atoms. The van der Waals surface area contributed by atoms with Crippen LogP contribution in [-0.4, -0.2) is 10.9 Å². The molecule has 0 saturated heterocycles. The minimum Gasteiger partial charge on any atom is -0.250 e. The quantitative estimate of drug-likeness (QED) is 0.644. The van der Waals surface area contributed by atoms with Gasteiger partial charge in [0, 0.05) is 11.3 Å². The lowest BCUT2D eigenvalue weighted by Crippen LogP contribution is -2.00. The van der Waals surface area contributed by atoms with E-state index in [4.69, 9.17) is 11.6 Å². The number of nitrogens with zero attached hydrogens (tertiary/aromatic N) is 1. The highest BCUT2D eigenvalue weighted by Crippen LogP contribution is 2.09. The van der Waals surface area contributed by atoms with Crippen LogP contribution in [0.2, 0.25) is 0 Å². The molecule has 0 aliphatic rings. The number of thiazole rings is 1. The molecular formula is C7H10ClNS. The average Bonchev–Trinajstić information content (AvgIpc) is 2.40. The Hall–Kier alpha value is -0.0800. The Morgan fingerprint density at radius 2 is 2.60 bits per heavy atom. The second-order valence-corrected chi connectivity index (χ2v) is 3.47. The number of rotatable bonds is 3. The summed E-state index contributed by atoms with van der Waals surface area (Å²) in [4.78, 5) is 4.16. The summed E-state index contributed by atoms with van der Waals surface area (Å²) in [5.74, 6) is 1.26. The first kappa shape index (κ1) is 8.02. The fourth-order valence-corrected chi connectivity index (χ4v) is 1.43. The van der Waals surface area contributed by atoms with E-state index in [1.54, 1.807) is 11.3 Å². The van der Waals surface area contributed by atoms with Crippen LogP contribution in [0.15, 0.2) is 10.9 Å². The molecule has 0 aliphatic heterocycles. The first-order valence-electron chi connectivity index (χ1n) is 3.26. The summed E-state index contributed by atoms with van der Waals surface area (Å²) in [6.07, 6.45) is 1.01. The van der Waals surface area contributed by atoms with Crippen molar-refractivity contribution in [3.8, 4) is 0 Å². The number of aromatic nitrogens is 1. The number of hydrogen-bond acceptors (Lipinski definition) is 2. The Morgan fingerprint density at radius 1 is 1.80 bits per heavy atom. The highest BCUT2D eigenvalue weighted by Gasteiger charge is 2.02. The van der Waals surface area contributed by atoms with Crippen molar-refractivity contribution >= 4 is 22.9 Å². The summed E-state index contributed by atoms with van der Waals surface area (Å²) < 4.78 is 0. The Labute approximate surface area is 70.1 Å². The van der Waals surface area contributed by atoms with E-state index in [2.05, 4.69) is 17.3 Å². The van der Waals surface area contributed by atoms with Crippen molar-refractivity contribution in [2.24, 2.45) is 5.92 Å². The van der Waals surface area contributed by atoms with Gasteiger partial charge in [0.25, 0.3) is 0 Å². The topological polar surface area (TPSA) is 12.9 Å². The Kier molecular flexibility index (Phi) is 3.16. The molecule has 1 heterocycles. The molecule has 0 fully saturated rings. The third-order valence-corrected chi connectivity index (χ3v) is 2.47. The number of hydrogen-bond donors (Lipinski definition) is 0. The van der Waals surface area contributed by atoms with Gasteiger partial charge in [-0.3, -0.25) is 0 Å². The number of halogens is 1. The van der Waals surface area contributed by atoms with Crippen molar-refractivity contribution in [2.75, 3.05) is 5.88 Å². The van der Waals surface area contributed by atoms with E-state index in [0.29, 0.717) is 5.92 Å². The van der Waals surface area contributed by atoms with E-state index in [1.165, 1.54) is 0 Å². The normalized spacial score (nSPS) is 13.4. The second kappa shape index (κ2) is 3.94. The molecule has 1 rings (SSSR count). The Bertz CT molecular complexity index is 174. The minimum atomic E-state index is 0.545. The van der Waals surface area contributed by atoms with Crippen molar-refractivity contribution in [3.05, 3.63) is 16.6 Å². The smallest absolute Gasteiger partial charge is 0.0794 e. The molecule has 1 aromatic rings. The average molecular weight is 176 g/mol. The first-order valence-corrected chi connectivity index (χ1v) is 4.73. The third-order valence-electron chi connectivity index (χ3n) is 1.30. The fourth-order valence-electron chi connectivity index (χ4n) is 0.750. The summed E-state index contributed by atoms with van der Waals surface area (Å²) in [5, 5.41) is 2.07. The lowest BCUT2D eigenvalue weighted by atomic mass is 10.1. The molecule has 1 nitrogen and oxygen atoms in total. The molecule has 1 atom stereocenters. The van der Waals surface area contributed by atoms with Crippen molar-refractivity contribution < 1.29 is 0 Å². The van der Waals surface area contributed by atoms with Crippen LogP contribution in [0.25, 0.3) is 0 Å². The Morgan fingerprint density at radius 3 is 3.10 bits per heavy atom. The van der Waals surface area contributed by atoms with Crippen LogP contribution < -0.4 is 0 Å². The standard InChI is InChI=1S/C7H10ClNS/c1-6(3-8)2-7-4-10-5-9-7/h4-6H,2-3H2,1H3. The third kappa shape index (κ3) is 2.27. The van der Waals surface area contributed by atoms with Crippen LogP contribution in [0.1, 0.15) is 12.6 Å². The van der Waals surface area contributed by atoms with Crippen LogP contribution in [0.4, 0.5) is 0 Å². The summed E-state index contributed by atoms with van der Waals surface area (Å²) in [7, 11) is 0. The molecule has 0 aliphatic carbocycles. The molecule has 0 saturated carbocycles. The van der Waals surface area contributed by atoms with Gasteiger partial charge in [0.2, 0.25) is 0 Å². The summed E-state index contributed by atoms with van der Waals surface area (Å²) in [6.45, 7) is 2.13. The maximum Gasteiger partial charge on any atom is 0.0794 e. The highest BCUT2D eigenvalue weighted by atomic mass is 35.5. The van der Waals surface area contributed by atoms with E-state index in [0.717, 1.165) is 18.0 Å². The molecule has 3 heteroatoms. The molecule has 56 valence electrons. The molecule has 1 unspecified atom stereocenters. The van der Waals surface area contributed by atoms with Gasteiger partial charge >= 0.3 is 0 Å². The van der Waals surface area contributed by atoms with Gasteiger partial charge in [0.05, 0.1) is 11.2 Å². The van der Waals surface area contributed by atoms with Crippen molar-refractivity contribution in [2.45, 2.75) is 13.3 Å². The molecule has 0 N–H and O–H groups in total. The van der Waals surface area contributed by atoms with Gasteiger partial charge in [-0.1, -0.05) is 6.92 Å². The van der Waals surface area contributed by atoms with Crippen LogP contribution in [0.3, 0.4) is 0 Å². The molecule has 0 radical (unpaired) electrons. The van der Waals surface area contributed by atoms with Gasteiger partial charge in [0.15, 0.2) is 0 Å². The second-order valence-electron chi connectivity index (χ2n) is 2.44. The van der Waals surface area contributed by atoms with Gasteiger partial charge < -0.3 is 0 Å². The lowest BCUT2D eigenvalue weighted by molar-refractivity contribution is 0.645. The molecule has 0 aromatic carbocycles.